The van der Waals surface area contributed by atoms with Gasteiger partial charge in [0.25, 0.3) is 0 Å². The smallest absolute Gasteiger partial charge is 0.126 e. The van der Waals surface area contributed by atoms with Crippen molar-refractivity contribution in [1.29, 1.82) is 0 Å². The van der Waals surface area contributed by atoms with Crippen molar-refractivity contribution in [2.45, 2.75) is 39.2 Å². The first kappa shape index (κ1) is 10.0. The number of halogens is 1. The maximum Gasteiger partial charge on any atom is 0.126 e. The summed E-state index contributed by atoms with van der Waals surface area (Å²) in [7, 11) is 0. The van der Waals surface area contributed by atoms with Crippen molar-refractivity contribution >= 4 is 15.9 Å². The molecule has 0 saturated carbocycles. The van der Waals surface area contributed by atoms with Crippen LogP contribution in [0.4, 0.5) is 0 Å². The third-order valence-electron chi connectivity index (χ3n) is 2.69. The molecule has 0 unspecified atom stereocenters. The fourth-order valence-corrected chi connectivity index (χ4v) is 2.51. The van der Waals surface area contributed by atoms with Gasteiger partial charge in [-0.3, -0.25) is 0 Å². The van der Waals surface area contributed by atoms with Gasteiger partial charge < -0.3 is 4.74 Å². The summed E-state index contributed by atoms with van der Waals surface area (Å²) in [6, 6.07) is 4.28. The Bertz CT molecular complexity index is 369. The molecule has 0 spiro atoms. The maximum atomic E-state index is 5.98. The number of aryl methyl sites for hydroxylation is 2. The normalized spacial score (nSPS) is 18.6. The molecule has 1 aromatic rings. The first-order valence-corrected chi connectivity index (χ1v) is 5.75. The second kappa shape index (κ2) is 3.27. The zero-order valence-corrected chi connectivity index (χ0v) is 10.4. The summed E-state index contributed by atoms with van der Waals surface area (Å²) in [6.07, 6.45) is 2.21. The predicted octanol–water partition coefficient (Wildman–Crippen LogP) is 3.86. The van der Waals surface area contributed by atoms with E-state index in [1.54, 1.807) is 0 Å². The second-order valence-corrected chi connectivity index (χ2v) is 5.49. The average molecular weight is 255 g/mol. The molecule has 1 aromatic carbocycles. The number of hydrogen-bond acceptors (Lipinski definition) is 1. The molecule has 14 heavy (non-hydrogen) atoms. The lowest BCUT2D eigenvalue weighted by atomic mass is 9.93. The monoisotopic (exact) mass is 254 g/mol. The van der Waals surface area contributed by atoms with Crippen LogP contribution in [0.25, 0.3) is 0 Å². The van der Waals surface area contributed by atoms with Crippen LogP contribution in [0.3, 0.4) is 0 Å². The topological polar surface area (TPSA) is 9.23 Å². The van der Waals surface area contributed by atoms with Crippen LogP contribution in [0.5, 0.6) is 5.75 Å². The minimum atomic E-state index is -0.00834. The van der Waals surface area contributed by atoms with E-state index in [4.69, 9.17) is 4.74 Å². The molecule has 2 rings (SSSR count). The Labute approximate surface area is 93.6 Å². The van der Waals surface area contributed by atoms with Gasteiger partial charge in [0.05, 0.1) is 0 Å². The molecule has 0 aliphatic carbocycles. The molecular weight excluding hydrogens is 240 g/mol. The molecule has 0 N–H and O–H groups in total. The highest BCUT2D eigenvalue weighted by atomic mass is 79.9. The lowest BCUT2D eigenvalue weighted by Crippen LogP contribution is -2.32. The summed E-state index contributed by atoms with van der Waals surface area (Å²) >= 11 is 3.51. The molecule has 0 bridgehead atoms. The number of fused-ring (bicyclic) bond motifs is 1. The van der Waals surface area contributed by atoms with Crippen LogP contribution in [0.1, 0.15) is 31.4 Å². The van der Waals surface area contributed by atoms with Gasteiger partial charge in [0.1, 0.15) is 11.4 Å². The van der Waals surface area contributed by atoms with Crippen molar-refractivity contribution in [2.75, 3.05) is 0 Å². The fourth-order valence-electron chi connectivity index (χ4n) is 1.89. The largest absolute Gasteiger partial charge is 0.487 e. The molecular formula is C12H15BrO. The van der Waals surface area contributed by atoms with Crippen LogP contribution < -0.4 is 4.74 Å². The van der Waals surface area contributed by atoms with Gasteiger partial charge in [0, 0.05) is 4.47 Å². The van der Waals surface area contributed by atoms with Gasteiger partial charge in [-0.2, -0.15) is 0 Å². The first-order valence-electron chi connectivity index (χ1n) is 4.96. The Morgan fingerprint density at radius 2 is 2.07 bits per heavy atom. The van der Waals surface area contributed by atoms with Crippen molar-refractivity contribution in [2.24, 2.45) is 0 Å². The Morgan fingerprint density at radius 3 is 2.79 bits per heavy atom. The average Bonchev–Trinajstić information content (AvgIpc) is 2.06. The van der Waals surface area contributed by atoms with E-state index in [1.807, 2.05) is 0 Å². The van der Waals surface area contributed by atoms with Crippen molar-refractivity contribution in [3.8, 4) is 5.75 Å². The molecule has 1 nitrogen and oxygen atoms in total. The lowest BCUT2D eigenvalue weighted by molar-refractivity contribution is 0.0837. The van der Waals surface area contributed by atoms with Crippen molar-refractivity contribution in [3.63, 3.8) is 0 Å². The standard InChI is InChI=1S/C12H15BrO/c1-8-6-10(13)7-9-4-5-12(2,3)14-11(8)9/h6-7H,4-5H2,1-3H3. The summed E-state index contributed by atoms with van der Waals surface area (Å²) in [5.74, 6) is 1.09. The number of hydrogen-bond donors (Lipinski definition) is 0. The van der Waals surface area contributed by atoms with Gasteiger partial charge in [-0.15, -0.1) is 0 Å². The molecule has 0 aromatic heterocycles. The van der Waals surface area contributed by atoms with Gasteiger partial charge in [0.15, 0.2) is 0 Å². The maximum absolute atomic E-state index is 5.98. The van der Waals surface area contributed by atoms with Crippen molar-refractivity contribution < 1.29 is 4.74 Å². The Balaban J connectivity index is 2.47. The third kappa shape index (κ3) is 1.81. The van der Waals surface area contributed by atoms with E-state index >= 15 is 0 Å². The van der Waals surface area contributed by atoms with Crippen LogP contribution in [-0.2, 0) is 6.42 Å². The molecule has 1 aliphatic heterocycles. The van der Waals surface area contributed by atoms with Gasteiger partial charge in [-0.05, 0) is 56.9 Å². The molecule has 0 saturated heterocycles. The zero-order valence-electron chi connectivity index (χ0n) is 8.86. The molecule has 1 heterocycles. The van der Waals surface area contributed by atoms with E-state index < -0.39 is 0 Å². The highest BCUT2D eigenvalue weighted by Crippen LogP contribution is 2.37. The Morgan fingerprint density at radius 1 is 1.36 bits per heavy atom. The SMILES string of the molecule is Cc1cc(Br)cc2c1OC(C)(C)CC2. The molecule has 1 aliphatic rings. The minimum absolute atomic E-state index is 0.00834. The molecule has 0 fully saturated rings. The highest BCUT2D eigenvalue weighted by Gasteiger charge is 2.27. The van der Waals surface area contributed by atoms with Gasteiger partial charge >= 0.3 is 0 Å². The molecule has 2 heteroatoms. The van der Waals surface area contributed by atoms with Crippen molar-refractivity contribution in [1.82, 2.24) is 0 Å². The van der Waals surface area contributed by atoms with E-state index in [1.165, 1.54) is 11.1 Å². The molecule has 0 amide bonds. The van der Waals surface area contributed by atoms with Gasteiger partial charge in [-0.25, -0.2) is 0 Å². The van der Waals surface area contributed by atoms with Crippen LogP contribution in [0.2, 0.25) is 0 Å². The summed E-state index contributed by atoms with van der Waals surface area (Å²) < 4.78 is 7.13. The third-order valence-corrected chi connectivity index (χ3v) is 3.15. The molecule has 76 valence electrons. The van der Waals surface area contributed by atoms with E-state index in [0.717, 1.165) is 23.1 Å². The lowest BCUT2D eigenvalue weighted by Gasteiger charge is -2.33. The zero-order chi connectivity index (χ0) is 10.3. The molecule has 0 atom stereocenters. The fraction of sp³-hybridized carbons (Fsp3) is 0.500. The van der Waals surface area contributed by atoms with E-state index in [9.17, 15) is 0 Å². The van der Waals surface area contributed by atoms with Crippen LogP contribution in [0.15, 0.2) is 16.6 Å². The van der Waals surface area contributed by atoms with Gasteiger partial charge in [-0.1, -0.05) is 15.9 Å². The minimum Gasteiger partial charge on any atom is -0.487 e. The number of ether oxygens (including phenoxy) is 1. The highest BCUT2D eigenvalue weighted by molar-refractivity contribution is 9.10. The summed E-state index contributed by atoms with van der Waals surface area (Å²) in [6.45, 7) is 6.40. The van der Waals surface area contributed by atoms with Crippen LogP contribution >= 0.6 is 15.9 Å². The van der Waals surface area contributed by atoms with E-state index in [2.05, 4.69) is 48.8 Å². The van der Waals surface area contributed by atoms with Gasteiger partial charge in [0.2, 0.25) is 0 Å². The summed E-state index contributed by atoms with van der Waals surface area (Å²) in [5, 5.41) is 0. The van der Waals surface area contributed by atoms with Crippen LogP contribution in [-0.4, -0.2) is 5.60 Å². The quantitative estimate of drug-likeness (QED) is 0.684. The Kier molecular flexibility index (Phi) is 2.34. The number of benzene rings is 1. The second-order valence-electron chi connectivity index (χ2n) is 4.57. The Hall–Kier alpha value is -0.500. The molecule has 0 radical (unpaired) electrons. The summed E-state index contributed by atoms with van der Waals surface area (Å²) in [5.41, 5.74) is 2.55. The van der Waals surface area contributed by atoms with Crippen LogP contribution in [0, 0.1) is 6.92 Å². The van der Waals surface area contributed by atoms with E-state index in [0.29, 0.717) is 0 Å². The van der Waals surface area contributed by atoms with Crippen molar-refractivity contribution in [3.05, 3.63) is 27.7 Å². The predicted molar refractivity (Wildman–Crippen MR) is 61.9 cm³/mol. The first-order chi connectivity index (χ1) is 6.48. The summed E-state index contributed by atoms with van der Waals surface area (Å²) in [4.78, 5) is 0. The number of rotatable bonds is 0. The van der Waals surface area contributed by atoms with E-state index in [-0.39, 0.29) is 5.60 Å².